The maximum absolute atomic E-state index is 13.6. The van der Waals surface area contributed by atoms with Crippen LogP contribution in [0.2, 0.25) is 0 Å². The monoisotopic (exact) mass is 469 g/mol. The van der Waals surface area contributed by atoms with Gasteiger partial charge >= 0.3 is 0 Å². The molecule has 1 aliphatic heterocycles. The van der Waals surface area contributed by atoms with Gasteiger partial charge in [-0.25, -0.2) is 9.97 Å². The number of aromatic nitrogens is 4. The highest BCUT2D eigenvalue weighted by atomic mass is 16.5. The molecule has 0 spiro atoms. The largest absolute Gasteiger partial charge is 0.497 e. The first-order valence-electron chi connectivity index (χ1n) is 11.7. The molecule has 35 heavy (non-hydrogen) atoms. The second-order valence-electron chi connectivity index (χ2n) is 8.51. The van der Waals surface area contributed by atoms with Gasteiger partial charge in [0.05, 0.1) is 13.4 Å². The van der Waals surface area contributed by atoms with Gasteiger partial charge in [0, 0.05) is 55.9 Å². The van der Waals surface area contributed by atoms with E-state index >= 15 is 0 Å². The van der Waals surface area contributed by atoms with Gasteiger partial charge in [-0.2, -0.15) is 0 Å². The van der Waals surface area contributed by atoms with Gasteiger partial charge < -0.3 is 18.9 Å². The molecule has 1 saturated heterocycles. The van der Waals surface area contributed by atoms with E-state index in [0.717, 1.165) is 35.4 Å². The van der Waals surface area contributed by atoms with E-state index in [1.165, 1.54) is 0 Å². The molecule has 5 rings (SSSR count). The highest BCUT2D eigenvalue weighted by Crippen LogP contribution is 2.33. The minimum atomic E-state index is 0.0342. The first-order valence-corrected chi connectivity index (χ1v) is 11.7. The van der Waals surface area contributed by atoms with Crippen molar-refractivity contribution in [3.05, 3.63) is 96.5 Å². The van der Waals surface area contributed by atoms with Crippen LogP contribution >= 0.6 is 0 Å². The van der Waals surface area contributed by atoms with Crippen molar-refractivity contribution in [3.63, 3.8) is 0 Å². The minimum absolute atomic E-state index is 0.0342. The van der Waals surface area contributed by atoms with Gasteiger partial charge in [0.15, 0.2) is 0 Å². The fraction of sp³-hybridized carbons (Fsp3) is 0.259. The summed E-state index contributed by atoms with van der Waals surface area (Å²) in [7, 11) is 1.63. The van der Waals surface area contributed by atoms with Gasteiger partial charge in [-0.05, 0) is 48.7 Å². The van der Waals surface area contributed by atoms with Gasteiger partial charge in [-0.15, -0.1) is 0 Å². The number of hydrogen-bond acceptors (Lipinski definition) is 6. The molecule has 178 valence electrons. The number of rotatable bonds is 7. The number of amides is 1. The molecule has 0 saturated carbocycles. The zero-order valence-electron chi connectivity index (χ0n) is 19.6. The summed E-state index contributed by atoms with van der Waals surface area (Å²) >= 11 is 0. The van der Waals surface area contributed by atoms with Gasteiger partial charge in [-0.1, -0.05) is 18.2 Å². The molecule has 3 heterocycles. The van der Waals surface area contributed by atoms with Crippen LogP contribution in [0.5, 0.6) is 17.4 Å². The van der Waals surface area contributed by atoms with Crippen molar-refractivity contribution in [1.29, 1.82) is 0 Å². The van der Waals surface area contributed by atoms with Crippen LogP contribution in [0, 0.1) is 0 Å². The van der Waals surface area contributed by atoms with E-state index in [-0.39, 0.29) is 11.8 Å². The van der Waals surface area contributed by atoms with E-state index in [2.05, 4.69) is 15.0 Å². The number of piperidine rings is 1. The molecule has 2 aromatic heterocycles. The van der Waals surface area contributed by atoms with E-state index < -0.39 is 0 Å². The molecule has 0 N–H and O–H groups in total. The summed E-state index contributed by atoms with van der Waals surface area (Å²) in [5.41, 5.74) is 2.46. The second kappa shape index (κ2) is 10.4. The first kappa shape index (κ1) is 22.6. The quantitative estimate of drug-likeness (QED) is 0.395. The molecule has 8 nitrogen and oxygen atoms in total. The average molecular weight is 470 g/mol. The van der Waals surface area contributed by atoms with E-state index in [9.17, 15) is 4.79 Å². The SMILES string of the molecule is COc1ccc(Oc2nccnc2[C@H]2CCCN(C(=O)c3ccccc3Cn3ccnc3)C2)cc1. The summed E-state index contributed by atoms with van der Waals surface area (Å²) < 4.78 is 13.3. The molecular weight excluding hydrogens is 442 g/mol. The molecule has 0 bridgehead atoms. The summed E-state index contributed by atoms with van der Waals surface area (Å²) in [5, 5.41) is 0. The number of ether oxygens (including phenoxy) is 2. The summed E-state index contributed by atoms with van der Waals surface area (Å²) in [5.74, 6) is 1.95. The van der Waals surface area contributed by atoms with Crippen molar-refractivity contribution in [3.8, 4) is 17.4 Å². The predicted octanol–water partition coefficient (Wildman–Crippen LogP) is 4.54. The van der Waals surface area contributed by atoms with Crippen LogP contribution in [-0.2, 0) is 6.54 Å². The van der Waals surface area contributed by atoms with Crippen LogP contribution in [-0.4, -0.2) is 50.5 Å². The normalized spacial score (nSPS) is 15.6. The van der Waals surface area contributed by atoms with E-state index in [0.29, 0.717) is 31.3 Å². The van der Waals surface area contributed by atoms with Gasteiger partial charge in [0.25, 0.3) is 5.91 Å². The van der Waals surface area contributed by atoms with Crippen LogP contribution in [0.25, 0.3) is 0 Å². The Kier molecular flexibility index (Phi) is 6.70. The summed E-state index contributed by atoms with van der Waals surface area (Å²) in [4.78, 5) is 28.7. The molecule has 1 atom stereocenters. The van der Waals surface area contributed by atoms with E-state index in [4.69, 9.17) is 9.47 Å². The third kappa shape index (κ3) is 5.16. The van der Waals surface area contributed by atoms with Gasteiger partial charge in [0.1, 0.15) is 17.2 Å². The molecule has 1 aliphatic rings. The molecule has 0 aliphatic carbocycles. The lowest BCUT2D eigenvalue weighted by molar-refractivity contribution is 0.0703. The Bertz CT molecular complexity index is 1270. The number of methoxy groups -OCH3 is 1. The fourth-order valence-corrected chi connectivity index (χ4v) is 4.45. The van der Waals surface area contributed by atoms with Gasteiger partial charge in [-0.3, -0.25) is 9.78 Å². The summed E-state index contributed by atoms with van der Waals surface area (Å²) in [6.07, 6.45) is 10.5. The van der Waals surface area contributed by atoms with Crippen LogP contribution in [0.1, 0.15) is 40.4 Å². The number of carbonyl (C=O) groups excluding carboxylic acids is 1. The first-order chi connectivity index (χ1) is 17.2. The number of likely N-dealkylation sites (tertiary alicyclic amines) is 1. The zero-order chi connectivity index (χ0) is 24.0. The Labute approximate surface area is 204 Å². The van der Waals surface area contributed by atoms with E-state index in [1.807, 2.05) is 64.2 Å². The van der Waals surface area contributed by atoms with Crippen LogP contribution in [0.15, 0.2) is 79.6 Å². The van der Waals surface area contributed by atoms with Gasteiger partial charge in [0.2, 0.25) is 5.88 Å². The van der Waals surface area contributed by atoms with Crippen LogP contribution in [0.4, 0.5) is 0 Å². The van der Waals surface area contributed by atoms with E-state index in [1.54, 1.807) is 32.0 Å². The third-order valence-corrected chi connectivity index (χ3v) is 6.22. The number of nitrogens with zero attached hydrogens (tertiary/aromatic N) is 5. The number of hydrogen-bond donors (Lipinski definition) is 0. The highest BCUT2D eigenvalue weighted by molar-refractivity contribution is 5.95. The summed E-state index contributed by atoms with van der Waals surface area (Å²) in [6, 6.07) is 15.1. The molecule has 0 unspecified atom stereocenters. The summed E-state index contributed by atoms with van der Waals surface area (Å²) in [6.45, 7) is 1.88. The lowest BCUT2D eigenvalue weighted by atomic mass is 9.93. The van der Waals surface area contributed by atoms with Crippen LogP contribution < -0.4 is 9.47 Å². The third-order valence-electron chi connectivity index (χ3n) is 6.22. The number of benzene rings is 2. The Hall–Kier alpha value is -4.20. The zero-order valence-corrected chi connectivity index (χ0v) is 19.6. The van der Waals surface area contributed by atoms with Crippen molar-refractivity contribution in [2.75, 3.05) is 20.2 Å². The maximum Gasteiger partial charge on any atom is 0.254 e. The maximum atomic E-state index is 13.6. The molecule has 1 amide bonds. The minimum Gasteiger partial charge on any atom is -0.497 e. The standard InChI is InChI=1S/C27H27N5O3/c1-34-22-8-10-23(11-9-22)35-26-25(29-12-13-30-26)21-6-4-15-32(18-21)27(33)24-7-3-2-5-20(24)17-31-16-14-28-19-31/h2-3,5,7-14,16,19,21H,4,6,15,17-18H2,1H3/t21-/m0/s1. The predicted molar refractivity (Wildman–Crippen MR) is 131 cm³/mol. The fourth-order valence-electron chi connectivity index (χ4n) is 4.45. The van der Waals surface area contributed by atoms with Crippen molar-refractivity contribution in [2.45, 2.75) is 25.3 Å². The molecule has 0 radical (unpaired) electrons. The number of imidazole rings is 1. The smallest absolute Gasteiger partial charge is 0.254 e. The highest BCUT2D eigenvalue weighted by Gasteiger charge is 2.29. The molecule has 8 heteroatoms. The lowest BCUT2D eigenvalue weighted by Crippen LogP contribution is -2.39. The Morgan fingerprint density at radius 3 is 2.63 bits per heavy atom. The Morgan fingerprint density at radius 2 is 1.83 bits per heavy atom. The Balaban J connectivity index is 1.34. The van der Waals surface area contributed by atoms with Crippen molar-refractivity contribution < 1.29 is 14.3 Å². The topological polar surface area (TPSA) is 82.4 Å². The van der Waals surface area contributed by atoms with Crippen molar-refractivity contribution in [2.24, 2.45) is 0 Å². The molecule has 4 aromatic rings. The number of carbonyl (C=O) groups is 1. The molecule has 1 fully saturated rings. The Morgan fingerprint density at radius 1 is 1.03 bits per heavy atom. The van der Waals surface area contributed by atoms with Crippen molar-refractivity contribution >= 4 is 5.91 Å². The molecule has 2 aromatic carbocycles. The average Bonchev–Trinajstić information content (AvgIpc) is 3.43. The second-order valence-corrected chi connectivity index (χ2v) is 8.51. The lowest BCUT2D eigenvalue weighted by Gasteiger charge is -2.33. The van der Waals surface area contributed by atoms with Crippen molar-refractivity contribution in [1.82, 2.24) is 24.4 Å². The van der Waals surface area contributed by atoms with Crippen LogP contribution in [0.3, 0.4) is 0 Å². The molecular formula is C27H27N5O3.